The lowest BCUT2D eigenvalue weighted by molar-refractivity contribution is -0.140. The molecular weight excluding hydrogens is 368 g/mol. The molecule has 1 aliphatic carbocycles. The second-order valence-electron chi connectivity index (χ2n) is 8.39. The van der Waals surface area contributed by atoms with E-state index in [2.05, 4.69) is 5.10 Å². The molecule has 1 saturated carbocycles. The molecule has 2 saturated heterocycles. The van der Waals surface area contributed by atoms with Crippen LogP contribution in [-0.4, -0.2) is 70.3 Å². The van der Waals surface area contributed by atoms with Crippen LogP contribution in [0.15, 0.2) is 42.7 Å². The molecule has 152 valence electrons. The van der Waals surface area contributed by atoms with Crippen molar-refractivity contribution in [1.82, 2.24) is 19.6 Å². The van der Waals surface area contributed by atoms with Gasteiger partial charge in [0.1, 0.15) is 0 Å². The molecule has 2 aliphatic heterocycles. The maximum Gasteiger partial charge on any atom is 0.254 e. The summed E-state index contributed by atoms with van der Waals surface area (Å²) >= 11 is 0. The van der Waals surface area contributed by atoms with E-state index in [4.69, 9.17) is 4.74 Å². The van der Waals surface area contributed by atoms with E-state index in [1.54, 1.807) is 10.9 Å². The van der Waals surface area contributed by atoms with E-state index in [0.29, 0.717) is 38.4 Å². The second kappa shape index (κ2) is 7.63. The van der Waals surface area contributed by atoms with Crippen LogP contribution in [0.5, 0.6) is 0 Å². The molecule has 3 heterocycles. The average molecular weight is 394 g/mol. The molecule has 7 nitrogen and oxygen atoms in total. The van der Waals surface area contributed by atoms with E-state index >= 15 is 0 Å². The third-order valence-electron chi connectivity index (χ3n) is 6.36. The molecule has 2 aromatic rings. The lowest BCUT2D eigenvalue weighted by Gasteiger charge is -2.35. The molecule has 2 bridgehead atoms. The number of aromatic nitrogens is 2. The van der Waals surface area contributed by atoms with Crippen LogP contribution in [0.25, 0.3) is 5.69 Å². The number of rotatable bonds is 3. The highest BCUT2D eigenvalue weighted by molar-refractivity contribution is 5.95. The van der Waals surface area contributed by atoms with Crippen molar-refractivity contribution in [2.24, 2.45) is 11.8 Å². The number of ether oxygens (including phenoxy) is 1. The lowest BCUT2D eigenvalue weighted by Crippen LogP contribution is -2.50. The van der Waals surface area contributed by atoms with Gasteiger partial charge in [-0.1, -0.05) is 12.5 Å². The Morgan fingerprint density at radius 3 is 2.72 bits per heavy atom. The minimum Gasteiger partial charge on any atom is -0.379 e. The summed E-state index contributed by atoms with van der Waals surface area (Å²) in [5, 5.41) is 4.25. The molecule has 0 radical (unpaired) electrons. The summed E-state index contributed by atoms with van der Waals surface area (Å²) in [4.78, 5) is 30.2. The fraction of sp³-hybridized carbons (Fsp3) is 0.500. The zero-order valence-corrected chi connectivity index (χ0v) is 16.4. The highest BCUT2D eigenvalue weighted by atomic mass is 16.5. The minimum atomic E-state index is -0.0613. The van der Waals surface area contributed by atoms with Gasteiger partial charge in [0, 0.05) is 49.4 Å². The maximum absolute atomic E-state index is 13.3. The summed E-state index contributed by atoms with van der Waals surface area (Å²) in [5.41, 5.74) is 1.51. The van der Waals surface area contributed by atoms with Gasteiger partial charge in [-0.2, -0.15) is 5.10 Å². The van der Waals surface area contributed by atoms with Gasteiger partial charge in [0.2, 0.25) is 5.91 Å². The van der Waals surface area contributed by atoms with Gasteiger partial charge < -0.3 is 14.5 Å². The van der Waals surface area contributed by atoms with E-state index in [1.165, 1.54) is 0 Å². The summed E-state index contributed by atoms with van der Waals surface area (Å²) in [6.07, 6.45) is 6.72. The van der Waals surface area contributed by atoms with Crippen molar-refractivity contribution >= 4 is 11.8 Å². The first-order valence-corrected chi connectivity index (χ1v) is 10.5. The van der Waals surface area contributed by atoms with Crippen LogP contribution in [0.2, 0.25) is 0 Å². The molecule has 3 aliphatic rings. The number of benzene rings is 1. The van der Waals surface area contributed by atoms with Gasteiger partial charge in [0.25, 0.3) is 5.91 Å². The zero-order valence-electron chi connectivity index (χ0n) is 16.4. The molecule has 2 amide bonds. The Balaban J connectivity index is 1.37. The van der Waals surface area contributed by atoms with Crippen molar-refractivity contribution in [1.29, 1.82) is 0 Å². The summed E-state index contributed by atoms with van der Waals surface area (Å²) < 4.78 is 7.58. The Kier molecular flexibility index (Phi) is 4.83. The fourth-order valence-electron chi connectivity index (χ4n) is 4.55. The van der Waals surface area contributed by atoms with E-state index in [1.807, 2.05) is 46.3 Å². The predicted molar refractivity (Wildman–Crippen MR) is 107 cm³/mol. The molecule has 1 aromatic carbocycles. The molecule has 3 fully saturated rings. The van der Waals surface area contributed by atoms with Crippen LogP contribution < -0.4 is 0 Å². The Morgan fingerprint density at radius 2 is 1.97 bits per heavy atom. The van der Waals surface area contributed by atoms with Crippen LogP contribution in [-0.2, 0) is 9.53 Å². The first-order chi connectivity index (χ1) is 14.2. The average Bonchev–Trinajstić information content (AvgIpc) is 3.06. The van der Waals surface area contributed by atoms with Gasteiger partial charge >= 0.3 is 0 Å². The molecule has 2 atom stereocenters. The quantitative estimate of drug-likeness (QED) is 0.798. The molecular formula is C22H26N4O3. The van der Waals surface area contributed by atoms with Crippen molar-refractivity contribution in [3.63, 3.8) is 0 Å². The van der Waals surface area contributed by atoms with Gasteiger partial charge in [0.15, 0.2) is 0 Å². The molecule has 1 aromatic heterocycles. The first kappa shape index (κ1) is 18.4. The van der Waals surface area contributed by atoms with E-state index in [9.17, 15) is 9.59 Å². The predicted octanol–water partition coefficient (Wildman–Crippen LogP) is 1.97. The summed E-state index contributed by atoms with van der Waals surface area (Å²) in [5.74, 6) is 0.592. The van der Waals surface area contributed by atoms with Gasteiger partial charge in [-0.05, 0) is 37.1 Å². The van der Waals surface area contributed by atoms with E-state index < -0.39 is 0 Å². The zero-order chi connectivity index (χ0) is 19.8. The molecule has 7 heteroatoms. The molecule has 0 unspecified atom stereocenters. The van der Waals surface area contributed by atoms with Crippen LogP contribution in [0.3, 0.4) is 0 Å². The number of fused-ring (bicyclic) bond motifs is 3. The van der Waals surface area contributed by atoms with Crippen molar-refractivity contribution in [2.75, 3.05) is 32.8 Å². The van der Waals surface area contributed by atoms with Gasteiger partial charge in [-0.15, -0.1) is 0 Å². The van der Waals surface area contributed by atoms with Crippen molar-refractivity contribution < 1.29 is 14.3 Å². The molecule has 5 rings (SSSR count). The topological polar surface area (TPSA) is 67.7 Å². The first-order valence-electron chi connectivity index (χ1n) is 10.5. The van der Waals surface area contributed by atoms with E-state index in [0.717, 1.165) is 24.9 Å². The Bertz CT molecular complexity index is 893. The smallest absolute Gasteiger partial charge is 0.254 e. The third-order valence-corrected chi connectivity index (χ3v) is 6.36. The third kappa shape index (κ3) is 3.55. The molecule has 0 spiro atoms. The van der Waals surface area contributed by atoms with Crippen LogP contribution in [0.4, 0.5) is 0 Å². The summed E-state index contributed by atoms with van der Waals surface area (Å²) in [6, 6.07) is 9.35. The molecule has 29 heavy (non-hydrogen) atoms. The number of carbonyl (C=O) groups is 2. The largest absolute Gasteiger partial charge is 0.379 e. The Hall–Kier alpha value is -2.67. The van der Waals surface area contributed by atoms with Gasteiger partial charge in [-0.3, -0.25) is 9.59 Å². The monoisotopic (exact) mass is 394 g/mol. The second-order valence-corrected chi connectivity index (χ2v) is 8.39. The van der Waals surface area contributed by atoms with Crippen molar-refractivity contribution in [3.05, 3.63) is 48.3 Å². The van der Waals surface area contributed by atoms with Crippen LogP contribution in [0.1, 0.15) is 29.6 Å². The highest BCUT2D eigenvalue weighted by Gasteiger charge is 2.40. The number of nitrogens with zero attached hydrogens (tertiary/aromatic N) is 4. The van der Waals surface area contributed by atoms with E-state index in [-0.39, 0.29) is 29.7 Å². The fourth-order valence-corrected chi connectivity index (χ4v) is 4.55. The van der Waals surface area contributed by atoms with Gasteiger partial charge in [-0.25, -0.2) is 4.68 Å². The van der Waals surface area contributed by atoms with Gasteiger partial charge in [0.05, 0.1) is 24.9 Å². The van der Waals surface area contributed by atoms with Crippen molar-refractivity contribution in [2.45, 2.75) is 25.3 Å². The maximum atomic E-state index is 13.3. The Labute approximate surface area is 170 Å². The summed E-state index contributed by atoms with van der Waals surface area (Å²) in [7, 11) is 0. The van der Waals surface area contributed by atoms with Crippen LogP contribution in [0, 0.1) is 11.8 Å². The number of hydrogen-bond donors (Lipinski definition) is 0. The lowest BCUT2D eigenvalue weighted by atomic mass is 9.84. The number of amides is 2. The van der Waals surface area contributed by atoms with Crippen LogP contribution >= 0.6 is 0 Å². The SMILES string of the molecule is O=C(c1cccc(-n2cccn2)c1)N1C[C@@H]2COC[C@H](C1)N(C(=O)C1CCC1)C2. The van der Waals surface area contributed by atoms with Crippen molar-refractivity contribution in [3.8, 4) is 5.69 Å². The minimum absolute atomic E-state index is 0.00819. The number of carbonyl (C=O) groups excluding carboxylic acids is 2. The highest BCUT2D eigenvalue weighted by Crippen LogP contribution is 2.31. The normalized spacial score (nSPS) is 24.7. The number of hydrogen-bond acceptors (Lipinski definition) is 4. The molecule has 0 N–H and O–H groups in total. The Morgan fingerprint density at radius 1 is 1.07 bits per heavy atom. The summed E-state index contributed by atoms with van der Waals surface area (Å²) in [6.45, 7) is 2.95. The standard InChI is InChI=1S/C22H26N4O3/c27-21(18-6-2-7-19(10-18)26-9-3-8-23-26)24-11-16-12-25(20(13-24)15-29-14-16)22(28)17-4-1-5-17/h2-3,6-10,16-17,20H,1,4-5,11-15H2/t16-,20-/m0/s1.